The van der Waals surface area contributed by atoms with Gasteiger partial charge in [-0.1, -0.05) is 42.1 Å². The number of anilines is 1. The van der Waals surface area contributed by atoms with Crippen molar-refractivity contribution in [2.24, 2.45) is 0 Å². The molecule has 136 valence electrons. The fourth-order valence-corrected chi connectivity index (χ4v) is 5.45. The van der Waals surface area contributed by atoms with Gasteiger partial charge in [0.05, 0.1) is 22.3 Å². The Kier molecular flexibility index (Phi) is 5.52. The van der Waals surface area contributed by atoms with Crippen molar-refractivity contribution in [3.8, 4) is 0 Å². The van der Waals surface area contributed by atoms with Gasteiger partial charge in [-0.2, -0.15) is 0 Å². The minimum Gasteiger partial charge on any atom is -0.325 e. The van der Waals surface area contributed by atoms with Crippen molar-refractivity contribution in [1.29, 1.82) is 0 Å². The second kappa shape index (κ2) is 8.21. The minimum absolute atomic E-state index is 0.0379. The molecule has 0 atom stereocenters. The maximum Gasteiger partial charge on any atom is 0.231 e. The average molecular weight is 412 g/mol. The normalized spacial score (nSPS) is 11.0. The van der Waals surface area contributed by atoms with E-state index in [1.165, 1.54) is 16.0 Å². The summed E-state index contributed by atoms with van der Waals surface area (Å²) in [7, 11) is 0. The molecule has 4 aromatic rings. The van der Waals surface area contributed by atoms with Gasteiger partial charge < -0.3 is 5.32 Å². The van der Waals surface area contributed by atoms with E-state index < -0.39 is 0 Å². The summed E-state index contributed by atoms with van der Waals surface area (Å²) in [5.74, 6) is 0.722. The lowest BCUT2D eigenvalue weighted by Gasteiger charge is -2.06. The number of aryl methyl sites for hydroxylation is 1. The molecule has 0 aliphatic rings. The Bertz CT molecular complexity index is 1050. The summed E-state index contributed by atoms with van der Waals surface area (Å²) >= 11 is 4.92. The summed E-state index contributed by atoms with van der Waals surface area (Å²) < 4.78 is 2.25. The topological polar surface area (TPSA) is 54.9 Å². The molecule has 0 spiro atoms. The zero-order valence-electron chi connectivity index (χ0n) is 14.6. The third-order valence-corrected chi connectivity index (χ3v) is 7.06. The summed E-state index contributed by atoms with van der Waals surface area (Å²) in [4.78, 5) is 21.5. The highest BCUT2D eigenvalue weighted by Crippen LogP contribution is 2.31. The third kappa shape index (κ3) is 4.55. The predicted molar refractivity (Wildman–Crippen MR) is 115 cm³/mol. The van der Waals surface area contributed by atoms with E-state index in [0.717, 1.165) is 37.6 Å². The maximum atomic E-state index is 12.3. The minimum atomic E-state index is -0.0379. The first-order valence-electron chi connectivity index (χ1n) is 8.44. The number of nitrogens with one attached hydrogen (secondary N) is 1. The Morgan fingerprint density at radius 3 is 2.78 bits per heavy atom. The first-order chi connectivity index (χ1) is 13.2. The largest absolute Gasteiger partial charge is 0.325 e. The van der Waals surface area contributed by atoms with Gasteiger partial charge in [-0.25, -0.2) is 9.97 Å². The number of fused-ring (bicyclic) bond motifs is 1. The first-order valence-corrected chi connectivity index (χ1v) is 11.1. The third-order valence-electron chi connectivity index (χ3n) is 3.95. The first kappa shape index (κ1) is 18.2. The van der Waals surface area contributed by atoms with Crippen LogP contribution in [0.15, 0.2) is 58.3 Å². The van der Waals surface area contributed by atoms with Gasteiger partial charge in [0.25, 0.3) is 0 Å². The standard InChI is InChI=1S/C20H17N3OS3/c1-13-6-2-3-7-15(13)22-18(24)10-19-21-14(11-25-19)12-26-20-23-16-8-4-5-9-17(16)27-20/h2-9,11H,10,12H2,1H3,(H,22,24). The number of rotatable bonds is 6. The van der Waals surface area contributed by atoms with Crippen LogP contribution in [0.4, 0.5) is 5.69 Å². The van der Waals surface area contributed by atoms with Crippen molar-refractivity contribution in [1.82, 2.24) is 9.97 Å². The number of hydrogen-bond donors (Lipinski definition) is 1. The SMILES string of the molecule is Cc1ccccc1NC(=O)Cc1nc(CSc2nc3ccccc3s2)cs1. The highest BCUT2D eigenvalue weighted by molar-refractivity contribution is 8.00. The lowest BCUT2D eigenvalue weighted by molar-refractivity contribution is -0.115. The van der Waals surface area contributed by atoms with Crippen LogP contribution in [-0.4, -0.2) is 15.9 Å². The molecule has 0 saturated carbocycles. The van der Waals surface area contributed by atoms with Crippen LogP contribution in [0.2, 0.25) is 0 Å². The van der Waals surface area contributed by atoms with Crippen molar-refractivity contribution in [2.75, 3.05) is 5.32 Å². The number of benzene rings is 2. The summed E-state index contributed by atoms with van der Waals surface area (Å²) in [6.07, 6.45) is 0.296. The number of amides is 1. The van der Waals surface area contributed by atoms with Crippen LogP contribution in [0.25, 0.3) is 10.2 Å². The van der Waals surface area contributed by atoms with Crippen molar-refractivity contribution >= 4 is 56.2 Å². The Morgan fingerprint density at radius 1 is 1.11 bits per heavy atom. The van der Waals surface area contributed by atoms with Gasteiger partial charge in [0.15, 0.2) is 4.34 Å². The molecule has 4 rings (SSSR count). The molecule has 0 bridgehead atoms. The lowest BCUT2D eigenvalue weighted by Crippen LogP contribution is -2.15. The molecule has 0 aliphatic heterocycles. The Balaban J connectivity index is 1.34. The Morgan fingerprint density at radius 2 is 1.93 bits per heavy atom. The number of para-hydroxylation sites is 2. The van der Waals surface area contributed by atoms with E-state index in [-0.39, 0.29) is 5.91 Å². The van der Waals surface area contributed by atoms with Crippen molar-refractivity contribution < 1.29 is 4.79 Å². The van der Waals surface area contributed by atoms with Gasteiger partial charge in [-0.3, -0.25) is 4.79 Å². The monoisotopic (exact) mass is 411 g/mol. The lowest BCUT2D eigenvalue weighted by atomic mass is 10.2. The number of thiazole rings is 2. The van der Waals surface area contributed by atoms with E-state index in [1.807, 2.05) is 54.8 Å². The Labute approximate surface area is 169 Å². The van der Waals surface area contributed by atoms with E-state index in [2.05, 4.69) is 21.4 Å². The van der Waals surface area contributed by atoms with Crippen LogP contribution < -0.4 is 5.32 Å². The van der Waals surface area contributed by atoms with Crippen LogP contribution in [-0.2, 0) is 17.0 Å². The number of thioether (sulfide) groups is 1. The molecule has 0 fully saturated rings. The molecule has 0 radical (unpaired) electrons. The van der Waals surface area contributed by atoms with Crippen LogP contribution in [0.1, 0.15) is 16.3 Å². The van der Waals surface area contributed by atoms with E-state index >= 15 is 0 Å². The van der Waals surface area contributed by atoms with Gasteiger partial charge in [0.1, 0.15) is 5.01 Å². The molecule has 0 saturated heterocycles. The van der Waals surface area contributed by atoms with E-state index in [4.69, 9.17) is 0 Å². The quantitative estimate of drug-likeness (QED) is 0.424. The van der Waals surface area contributed by atoms with Gasteiger partial charge in [0, 0.05) is 16.8 Å². The zero-order chi connectivity index (χ0) is 18.6. The number of nitrogens with zero attached hydrogens (tertiary/aromatic N) is 2. The van der Waals surface area contributed by atoms with Crippen LogP contribution in [0, 0.1) is 6.92 Å². The van der Waals surface area contributed by atoms with Crippen molar-refractivity contribution in [3.05, 3.63) is 70.2 Å². The molecule has 2 aromatic heterocycles. The number of hydrogen-bond acceptors (Lipinski definition) is 6. The average Bonchev–Trinajstić information content (AvgIpc) is 3.28. The molecule has 0 unspecified atom stereocenters. The molecule has 2 aromatic carbocycles. The molecule has 27 heavy (non-hydrogen) atoms. The number of carbonyl (C=O) groups excluding carboxylic acids is 1. The Hall–Kier alpha value is -2.22. The van der Waals surface area contributed by atoms with E-state index in [0.29, 0.717) is 6.42 Å². The molecule has 7 heteroatoms. The predicted octanol–water partition coefficient (Wildman–Crippen LogP) is 5.53. The smallest absolute Gasteiger partial charge is 0.231 e. The highest BCUT2D eigenvalue weighted by Gasteiger charge is 2.11. The summed E-state index contributed by atoms with van der Waals surface area (Å²) in [5, 5.41) is 5.81. The summed E-state index contributed by atoms with van der Waals surface area (Å²) in [5.41, 5.74) is 3.93. The summed E-state index contributed by atoms with van der Waals surface area (Å²) in [6, 6.07) is 15.9. The van der Waals surface area contributed by atoms with Crippen LogP contribution in [0.5, 0.6) is 0 Å². The molecule has 1 N–H and O–H groups in total. The van der Waals surface area contributed by atoms with Crippen LogP contribution in [0.3, 0.4) is 0 Å². The molecule has 0 aliphatic carbocycles. The molecule has 2 heterocycles. The molecule has 4 nitrogen and oxygen atoms in total. The molecule has 1 amide bonds. The second-order valence-corrected chi connectivity index (χ2v) is 9.20. The second-order valence-electron chi connectivity index (χ2n) is 6.01. The fourth-order valence-electron chi connectivity index (χ4n) is 2.59. The van der Waals surface area contributed by atoms with E-state index in [1.54, 1.807) is 23.1 Å². The zero-order valence-corrected chi connectivity index (χ0v) is 17.1. The van der Waals surface area contributed by atoms with Gasteiger partial charge in [-0.15, -0.1) is 22.7 Å². The molecular weight excluding hydrogens is 394 g/mol. The number of carbonyl (C=O) groups is 1. The van der Waals surface area contributed by atoms with E-state index in [9.17, 15) is 4.79 Å². The molecular formula is C20H17N3OS3. The van der Waals surface area contributed by atoms with Gasteiger partial charge >= 0.3 is 0 Å². The van der Waals surface area contributed by atoms with Crippen molar-refractivity contribution in [2.45, 2.75) is 23.4 Å². The van der Waals surface area contributed by atoms with Crippen LogP contribution >= 0.6 is 34.4 Å². The highest BCUT2D eigenvalue weighted by atomic mass is 32.2. The van der Waals surface area contributed by atoms with Gasteiger partial charge in [-0.05, 0) is 30.7 Å². The van der Waals surface area contributed by atoms with Crippen molar-refractivity contribution in [3.63, 3.8) is 0 Å². The number of aromatic nitrogens is 2. The fraction of sp³-hybridized carbons (Fsp3) is 0.150. The maximum absolute atomic E-state index is 12.3. The van der Waals surface area contributed by atoms with Gasteiger partial charge in [0.2, 0.25) is 5.91 Å². The summed E-state index contributed by atoms with van der Waals surface area (Å²) in [6.45, 7) is 1.98.